The zero-order valence-electron chi connectivity index (χ0n) is 15.4. The highest BCUT2D eigenvalue weighted by atomic mass is 16.5. The minimum atomic E-state index is -0.322. The highest BCUT2D eigenvalue weighted by Crippen LogP contribution is 2.35. The van der Waals surface area contributed by atoms with Crippen LogP contribution >= 0.6 is 0 Å². The average Bonchev–Trinajstić information content (AvgIpc) is 2.66. The molecule has 0 bridgehead atoms. The molecule has 138 valence electrons. The third kappa shape index (κ3) is 3.65. The lowest BCUT2D eigenvalue weighted by molar-refractivity contribution is -0.177. The predicted molar refractivity (Wildman–Crippen MR) is 101 cm³/mol. The lowest BCUT2D eigenvalue weighted by Gasteiger charge is -2.46. The molecule has 5 nitrogen and oxygen atoms in total. The summed E-state index contributed by atoms with van der Waals surface area (Å²) in [7, 11) is 0. The first kappa shape index (κ1) is 17.6. The molecule has 2 saturated heterocycles. The molecule has 3 heterocycles. The summed E-state index contributed by atoms with van der Waals surface area (Å²) in [6, 6.07) is 12.3. The van der Waals surface area contributed by atoms with Crippen LogP contribution in [0.4, 0.5) is 0 Å². The fourth-order valence-electron chi connectivity index (χ4n) is 4.14. The summed E-state index contributed by atoms with van der Waals surface area (Å²) in [5, 5.41) is 10.4. The molecule has 2 aliphatic rings. The molecule has 4 rings (SSSR count). The van der Waals surface area contributed by atoms with Gasteiger partial charge < -0.3 is 9.84 Å². The Hall–Kier alpha value is -1.82. The molecule has 1 atom stereocenters. The summed E-state index contributed by atoms with van der Waals surface area (Å²) < 4.78 is 6.01. The predicted octanol–water partition coefficient (Wildman–Crippen LogP) is 2.96. The summed E-state index contributed by atoms with van der Waals surface area (Å²) in [6.45, 7) is 5.37. The number of aliphatic hydroxyl groups excluding tert-OH is 1. The Morgan fingerprint density at radius 2 is 1.96 bits per heavy atom. The molecule has 2 fully saturated rings. The smallest absolute Gasteiger partial charge is 0.143 e. The first-order valence-electron chi connectivity index (χ1n) is 9.59. The summed E-state index contributed by atoms with van der Waals surface area (Å²) in [5.41, 5.74) is 2.77. The third-order valence-corrected chi connectivity index (χ3v) is 5.66. The molecule has 0 aliphatic carbocycles. The first-order valence-corrected chi connectivity index (χ1v) is 9.59. The second kappa shape index (κ2) is 7.43. The van der Waals surface area contributed by atoms with Gasteiger partial charge in [0, 0.05) is 31.0 Å². The van der Waals surface area contributed by atoms with Crippen LogP contribution in [-0.2, 0) is 11.3 Å². The van der Waals surface area contributed by atoms with Gasteiger partial charge in [0.15, 0.2) is 0 Å². The Morgan fingerprint density at radius 1 is 1.19 bits per heavy atom. The van der Waals surface area contributed by atoms with Gasteiger partial charge in [-0.1, -0.05) is 30.3 Å². The third-order valence-electron chi connectivity index (χ3n) is 5.66. The normalized spacial score (nSPS) is 23.2. The second-order valence-electron chi connectivity index (χ2n) is 7.52. The maximum absolute atomic E-state index is 10.4. The van der Waals surface area contributed by atoms with E-state index in [9.17, 15) is 5.11 Å². The van der Waals surface area contributed by atoms with Gasteiger partial charge in [-0.05, 0) is 38.7 Å². The number of likely N-dealkylation sites (tertiary alicyclic amines) is 1. The van der Waals surface area contributed by atoms with Crippen LogP contribution in [0.15, 0.2) is 36.4 Å². The summed E-state index contributed by atoms with van der Waals surface area (Å²) in [5.74, 6) is 0.866. The fraction of sp³-hybridized carbons (Fsp3) is 0.524. The highest BCUT2D eigenvalue weighted by Gasteiger charge is 2.43. The number of rotatable bonds is 3. The first-order chi connectivity index (χ1) is 12.6. The number of aryl methyl sites for hydroxylation is 1. The molecule has 1 spiro atoms. The van der Waals surface area contributed by atoms with Gasteiger partial charge in [-0.2, -0.15) is 0 Å². The van der Waals surface area contributed by atoms with Crippen molar-refractivity contribution in [3.05, 3.63) is 47.9 Å². The van der Waals surface area contributed by atoms with Crippen molar-refractivity contribution >= 4 is 0 Å². The van der Waals surface area contributed by atoms with E-state index in [4.69, 9.17) is 9.72 Å². The van der Waals surface area contributed by atoms with Crippen LogP contribution in [0.2, 0.25) is 0 Å². The average molecular weight is 353 g/mol. The Labute approximate surface area is 155 Å². The van der Waals surface area contributed by atoms with Gasteiger partial charge in [-0.3, -0.25) is 4.90 Å². The van der Waals surface area contributed by atoms with E-state index >= 15 is 0 Å². The molecule has 1 aromatic carbocycles. The van der Waals surface area contributed by atoms with Crippen LogP contribution in [0, 0.1) is 6.92 Å². The molecule has 1 N–H and O–H groups in total. The largest absolute Gasteiger partial charge is 0.390 e. The van der Waals surface area contributed by atoms with Crippen molar-refractivity contribution in [1.29, 1.82) is 0 Å². The van der Waals surface area contributed by atoms with Gasteiger partial charge in [0.2, 0.25) is 0 Å². The monoisotopic (exact) mass is 353 g/mol. The topological polar surface area (TPSA) is 58.5 Å². The van der Waals surface area contributed by atoms with Crippen molar-refractivity contribution in [1.82, 2.24) is 14.9 Å². The van der Waals surface area contributed by atoms with Crippen LogP contribution in [0.25, 0.3) is 11.3 Å². The lowest BCUT2D eigenvalue weighted by Crippen LogP contribution is -2.55. The fourth-order valence-corrected chi connectivity index (χ4v) is 4.14. The van der Waals surface area contributed by atoms with Crippen LogP contribution in [0.1, 0.15) is 37.2 Å². The van der Waals surface area contributed by atoms with E-state index in [0.29, 0.717) is 0 Å². The van der Waals surface area contributed by atoms with Crippen molar-refractivity contribution in [2.45, 2.75) is 50.9 Å². The van der Waals surface area contributed by atoms with Gasteiger partial charge in [0.1, 0.15) is 5.82 Å². The lowest BCUT2D eigenvalue weighted by atomic mass is 9.82. The summed E-state index contributed by atoms with van der Waals surface area (Å²) >= 11 is 0. The number of aliphatic hydroxyl groups is 1. The van der Waals surface area contributed by atoms with Gasteiger partial charge in [-0.25, -0.2) is 9.97 Å². The van der Waals surface area contributed by atoms with E-state index in [-0.39, 0.29) is 11.7 Å². The molecule has 5 heteroatoms. The number of nitrogens with zero attached hydrogens (tertiary/aromatic N) is 3. The van der Waals surface area contributed by atoms with E-state index in [0.717, 1.165) is 74.7 Å². The maximum Gasteiger partial charge on any atom is 0.143 e. The van der Waals surface area contributed by atoms with E-state index in [1.54, 1.807) is 0 Å². The molecular weight excluding hydrogens is 326 g/mol. The van der Waals surface area contributed by atoms with Crippen LogP contribution < -0.4 is 0 Å². The minimum Gasteiger partial charge on any atom is -0.390 e. The Bertz CT molecular complexity index is 742. The molecule has 26 heavy (non-hydrogen) atoms. The van der Waals surface area contributed by atoms with Crippen LogP contribution in [0.5, 0.6) is 0 Å². The van der Waals surface area contributed by atoms with Crippen LogP contribution in [-0.4, -0.2) is 51.4 Å². The number of hydrogen-bond acceptors (Lipinski definition) is 5. The number of hydrogen-bond donors (Lipinski definition) is 1. The van der Waals surface area contributed by atoms with Crippen LogP contribution in [0.3, 0.4) is 0 Å². The van der Waals surface area contributed by atoms with Crippen molar-refractivity contribution < 1.29 is 9.84 Å². The Kier molecular flexibility index (Phi) is 5.02. The SMILES string of the molecule is Cc1cc(-c2ccccc2)nc(CN2CCC3(CC2)OCCC[C@@H]3O)n1. The maximum atomic E-state index is 10.4. The summed E-state index contributed by atoms with van der Waals surface area (Å²) in [6.07, 6.45) is 3.27. The van der Waals surface area contributed by atoms with E-state index in [1.807, 2.05) is 31.2 Å². The van der Waals surface area contributed by atoms with E-state index in [1.165, 1.54) is 0 Å². The van der Waals surface area contributed by atoms with Crippen molar-refractivity contribution in [3.8, 4) is 11.3 Å². The van der Waals surface area contributed by atoms with Gasteiger partial charge in [0.05, 0.1) is 23.9 Å². The zero-order valence-corrected chi connectivity index (χ0v) is 15.4. The van der Waals surface area contributed by atoms with Crippen molar-refractivity contribution in [3.63, 3.8) is 0 Å². The van der Waals surface area contributed by atoms with Gasteiger partial charge in [0.25, 0.3) is 0 Å². The molecule has 0 unspecified atom stereocenters. The number of piperidine rings is 1. The molecule has 2 aliphatic heterocycles. The molecule has 1 aromatic heterocycles. The highest BCUT2D eigenvalue weighted by molar-refractivity contribution is 5.58. The quantitative estimate of drug-likeness (QED) is 0.919. The molecule has 0 radical (unpaired) electrons. The van der Waals surface area contributed by atoms with Crippen molar-refractivity contribution in [2.24, 2.45) is 0 Å². The molecule has 0 saturated carbocycles. The molecule has 0 amide bonds. The molecule has 2 aromatic rings. The van der Waals surface area contributed by atoms with Gasteiger partial charge in [-0.15, -0.1) is 0 Å². The Morgan fingerprint density at radius 3 is 2.69 bits per heavy atom. The standard InChI is InChI=1S/C21H27N3O2/c1-16-14-18(17-6-3-2-4-7-17)23-20(22-16)15-24-11-9-21(10-12-24)19(25)8-5-13-26-21/h2-4,6-7,14,19,25H,5,8-13,15H2,1H3/t19-/m0/s1. The number of aromatic nitrogens is 2. The Balaban J connectivity index is 1.44. The van der Waals surface area contributed by atoms with E-state index < -0.39 is 0 Å². The zero-order chi connectivity index (χ0) is 18.0. The second-order valence-corrected chi connectivity index (χ2v) is 7.52. The van der Waals surface area contributed by atoms with E-state index in [2.05, 4.69) is 22.0 Å². The number of ether oxygens (including phenoxy) is 1. The number of benzene rings is 1. The molecular formula is C21H27N3O2. The summed E-state index contributed by atoms with van der Waals surface area (Å²) in [4.78, 5) is 11.8. The van der Waals surface area contributed by atoms with Gasteiger partial charge >= 0.3 is 0 Å². The minimum absolute atomic E-state index is 0.321. The van der Waals surface area contributed by atoms with Crippen molar-refractivity contribution in [2.75, 3.05) is 19.7 Å².